The van der Waals surface area contributed by atoms with Crippen LogP contribution in [0.4, 0.5) is 4.79 Å². The van der Waals surface area contributed by atoms with Crippen molar-refractivity contribution in [2.24, 2.45) is 5.92 Å². The first-order chi connectivity index (χ1) is 8.52. The highest BCUT2D eigenvalue weighted by Crippen LogP contribution is 2.32. The van der Waals surface area contributed by atoms with Gasteiger partial charge in [-0.05, 0) is 38.0 Å². The van der Waals surface area contributed by atoms with Crippen LogP contribution in [0.25, 0.3) is 0 Å². The summed E-state index contributed by atoms with van der Waals surface area (Å²) in [6.45, 7) is 2.19. The summed E-state index contributed by atoms with van der Waals surface area (Å²) in [5.41, 5.74) is -1.01. The predicted octanol–water partition coefficient (Wildman–Crippen LogP) is 1.87. The van der Waals surface area contributed by atoms with Crippen LogP contribution in [0.2, 0.25) is 0 Å². The van der Waals surface area contributed by atoms with E-state index in [1.165, 1.54) is 6.42 Å². The molecule has 18 heavy (non-hydrogen) atoms. The van der Waals surface area contributed by atoms with Gasteiger partial charge in [0.1, 0.15) is 5.54 Å². The van der Waals surface area contributed by atoms with Crippen molar-refractivity contribution in [3.8, 4) is 0 Å². The van der Waals surface area contributed by atoms with Gasteiger partial charge >= 0.3 is 12.0 Å². The molecule has 2 aliphatic carbocycles. The first-order valence-electron chi connectivity index (χ1n) is 6.84. The van der Waals surface area contributed by atoms with Gasteiger partial charge in [-0.2, -0.15) is 0 Å². The van der Waals surface area contributed by atoms with Crippen LogP contribution < -0.4 is 10.6 Å². The highest BCUT2D eigenvalue weighted by molar-refractivity contribution is 5.87. The van der Waals surface area contributed by atoms with E-state index in [-0.39, 0.29) is 12.1 Å². The second-order valence-electron chi connectivity index (χ2n) is 5.81. The molecule has 2 saturated carbocycles. The Morgan fingerprint density at radius 3 is 2.44 bits per heavy atom. The van der Waals surface area contributed by atoms with Crippen LogP contribution in [0, 0.1) is 5.92 Å². The normalized spacial score (nSPS) is 30.1. The number of urea groups is 1. The highest BCUT2D eigenvalue weighted by atomic mass is 16.4. The summed E-state index contributed by atoms with van der Waals surface area (Å²) >= 11 is 0. The van der Waals surface area contributed by atoms with Crippen molar-refractivity contribution in [2.45, 2.75) is 63.5 Å². The van der Waals surface area contributed by atoms with Crippen molar-refractivity contribution in [3.05, 3.63) is 0 Å². The number of carbonyl (C=O) groups excluding carboxylic acids is 1. The maximum atomic E-state index is 11.8. The van der Waals surface area contributed by atoms with Gasteiger partial charge in [-0.3, -0.25) is 0 Å². The van der Waals surface area contributed by atoms with Gasteiger partial charge in [0, 0.05) is 6.04 Å². The summed E-state index contributed by atoms with van der Waals surface area (Å²) < 4.78 is 0. The lowest BCUT2D eigenvalue weighted by molar-refractivity contribution is -0.148. The Bertz CT molecular complexity index is 339. The molecule has 0 aromatic heterocycles. The molecule has 2 amide bonds. The Morgan fingerprint density at radius 2 is 1.94 bits per heavy atom. The third-order valence-corrected chi connectivity index (χ3v) is 4.24. The third kappa shape index (κ3) is 2.76. The molecule has 0 aromatic carbocycles. The lowest BCUT2D eigenvalue weighted by atomic mass is 9.77. The number of carboxylic acids is 1. The number of carboxylic acid groups (broad SMARTS) is 1. The SMILES string of the molecule is CC1CCCC(NC(=O)NC2(C(=O)O)CCC2)C1. The van der Waals surface area contributed by atoms with E-state index in [9.17, 15) is 9.59 Å². The van der Waals surface area contributed by atoms with Gasteiger partial charge in [-0.25, -0.2) is 9.59 Å². The van der Waals surface area contributed by atoms with E-state index in [1.807, 2.05) is 0 Å². The van der Waals surface area contributed by atoms with Crippen LogP contribution in [-0.2, 0) is 4.79 Å². The number of nitrogens with one attached hydrogen (secondary N) is 2. The number of amides is 2. The van der Waals surface area contributed by atoms with Crippen molar-refractivity contribution < 1.29 is 14.7 Å². The molecule has 5 heteroatoms. The highest BCUT2D eigenvalue weighted by Gasteiger charge is 2.45. The molecule has 0 heterocycles. The first kappa shape index (κ1) is 13.2. The molecule has 2 fully saturated rings. The molecule has 0 spiro atoms. The zero-order valence-corrected chi connectivity index (χ0v) is 10.9. The molecule has 0 bridgehead atoms. The molecule has 0 aliphatic heterocycles. The van der Waals surface area contributed by atoms with Crippen molar-refractivity contribution in [1.82, 2.24) is 10.6 Å². The number of carbonyl (C=O) groups is 2. The topological polar surface area (TPSA) is 78.4 Å². The van der Waals surface area contributed by atoms with Crippen LogP contribution >= 0.6 is 0 Å². The van der Waals surface area contributed by atoms with Gasteiger partial charge in [-0.15, -0.1) is 0 Å². The minimum atomic E-state index is -1.01. The molecule has 0 radical (unpaired) electrons. The fourth-order valence-corrected chi connectivity index (χ4v) is 2.93. The molecule has 2 unspecified atom stereocenters. The third-order valence-electron chi connectivity index (χ3n) is 4.24. The van der Waals surface area contributed by atoms with E-state index in [0.29, 0.717) is 18.8 Å². The maximum Gasteiger partial charge on any atom is 0.329 e. The Balaban J connectivity index is 1.83. The van der Waals surface area contributed by atoms with Gasteiger partial charge in [0.05, 0.1) is 0 Å². The van der Waals surface area contributed by atoms with Crippen molar-refractivity contribution in [3.63, 3.8) is 0 Å². The van der Waals surface area contributed by atoms with E-state index < -0.39 is 11.5 Å². The smallest absolute Gasteiger partial charge is 0.329 e. The summed E-state index contributed by atoms with van der Waals surface area (Å²) in [5.74, 6) is -0.276. The minimum absolute atomic E-state index is 0.194. The number of hydrogen-bond donors (Lipinski definition) is 3. The first-order valence-corrected chi connectivity index (χ1v) is 6.84. The maximum absolute atomic E-state index is 11.8. The summed E-state index contributed by atoms with van der Waals surface area (Å²) in [6, 6.07) is -0.129. The summed E-state index contributed by atoms with van der Waals surface area (Å²) in [5, 5.41) is 14.7. The fraction of sp³-hybridized carbons (Fsp3) is 0.846. The van der Waals surface area contributed by atoms with Crippen molar-refractivity contribution in [1.29, 1.82) is 0 Å². The molecule has 5 nitrogen and oxygen atoms in total. The summed E-state index contributed by atoms with van der Waals surface area (Å²) in [4.78, 5) is 23.0. The Morgan fingerprint density at radius 1 is 1.22 bits per heavy atom. The van der Waals surface area contributed by atoms with Crippen LogP contribution in [-0.4, -0.2) is 28.7 Å². The minimum Gasteiger partial charge on any atom is -0.480 e. The molecular formula is C13H22N2O3. The van der Waals surface area contributed by atoms with E-state index in [0.717, 1.165) is 25.7 Å². The molecule has 0 saturated heterocycles. The van der Waals surface area contributed by atoms with Crippen LogP contribution in [0.5, 0.6) is 0 Å². The van der Waals surface area contributed by atoms with Crippen molar-refractivity contribution in [2.75, 3.05) is 0 Å². The van der Waals surface area contributed by atoms with E-state index in [2.05, 4.69) is 17.6 Å². The van der Waals surface area contributed by atoms with Crippen LogP contribution in [0.3, 0.4) is 0 Å². The van der Waals surface area contributed by atoms with Crippen molar-refractivity contribution >= 4 is 12.0 Å². The zero-order valence-electron chi connectivity index (χ0n) is 10.9. The van der Waals surface area contributed by atoms with Gasteiger partial charge in [0.25, 0.3) is 0 Å². The standard InChI is InChI=1S/C13H22N2O3/c1-9-4-2-5-10(8-9)14-12(18)15-13(11(16)17)6-3-7-13/h9-10H,2-8H2,1H3,(H,16,17)(H2,14,15,18). The Kier molecular flexibility index (Phi) is 3.78. The van der Waals surface area contributed by atoms with Gasteiger partial charge < -0.3 is 15.7 Å². The second-order valence-corrected chi connectivity index (χ2v) is 5.81. The van der Waals surface area contributed by atoms with Crippen LogP contribution in [0.1, 0.15) is 51.9 Å². The predicted molar refractivity (Wildman–Crippen MR) is 67.3 cm³/mol. The largest absolute Gasteiger partial charge is 0.480 e. The second kappa shape index (κ2) is 5.16. The number of hydrogen-bond acceptors (Lipinski definition) is 2. The number of rotatable bonds is 3. The fourth-order valence-electron chi connectivity index (χ4n) is 2.93. The molecule has 0 aromatic rings. The molecule has 2 rings (SSSR count). The zero-order chi connectivity index (χ0) is 13.2. The molecule has 2 atom stereocenters. The monoisotopic (exact) mass is 254 g/mol. The Labute approximate surface area is 107 Å². The average molecular weight is 254 g/mol. The molecular weight excluding hydrogens is 232 g/mol. The lowest BCUT2D eigenvalue weighted by Crippen LogP contribution is -2.62. The van der Waals surface area contributed by atoms with E-state index in [4.69, 9.17) is 5.11 Å². The quantitative estimate of drug-likeness (QED) is 0.719. The van der Waals surface area contributed by atoms with Gasteiger partial charge in [-0.1, -0.05) is 19.8 Å². The summed E-state index contributed by atoms with van der Waals surface area (Å²) in [6.07, 6.45) is 6.29. The Hall–Kier alpha value is -1.26. The van der Waals surface area contributed by atoms with Crippen LogP contribution in [0.15, 0.2) is 0 Å². The van der Waals surface area contributed by atoms with Gasteiger partial charge in [0.2, 0.25) is 0 Å². The summed E-state index contributed by atoms with van der Waals surface area (Å²) in [7, 11) is 0. The molecule has 2 aliphatic rings. The van der Waals surface area contributed by atoms with E-state index >= 15 is 0 Å². The van der Waals surface area contributed by atoms with E-state index in [1.54, 1.807) is 0 Å². The van der Waals surface area contributed by atoms with Gasteiger partial charge in [0.15, 0.2) is 0 Å². The molecule has 3 N–H and O–H groups in total. The lowest BCUT2D eigenvalue weighted by Gasteiger charge is -2.39. The number of aliphatic carboxylic acids is 1. The molecule has 102 valence electrons. The average Bonchev–Trinajstić information content (AvgIpc) is 2.23.